The number of aromatic nitrogens is 3. The molecule has 7 nitrogen and oxygen atoms in total. The molecule has 9 heteroatoms. The van der Waals surface area contributed by atoms with Gasteiger partial charge in [-0.2, -0.15) is 5.10 Å². The molecule has 152 valence electrons. The predicted octanol–water partition coefficient (Wildman–Crippen LogP) is 4.23. The van der Waals surface area contributed by atoms with E-state index in [-0.39, 0.29) is 11.6 Å². The quantitative estimate of drug-likeness (QED) is 0.546. The zero-order valence-corrected chi connectivity index (χ0v) is 18.1. The fraction of sp³-hybridized carbons (Fsp3) is 0.143. The number of nitrogens with one attached hydrogen (secondary N) is 2. The molecule has 0 unspecified atom stereocenters. The van der Waals surface area contributed by atoms with Gasteiger partial charge in [-0.15, -0.1) is 0 Å². The van der Waals surface area contributed by atoms with Crippen molar-refractivity contribution in [2.75, 3.05) is 5.32 Å². The second kappa shape index (κ2) is 8.04. The summed E-state index contributed by atoms with van der Waals surface area (Å²) in [6, 6.07) is 12.2. The van der Waals surface area contributed by atoms with E-state index < -0.39 is 11.4 Å². The number of hydrogen-bond acceptors (Lipinski definition) is 4. The number of carbonyl (C=O) groups is 2. The Morgan fingerprint density at radius 2 is 1.97 bits per heavy atom. The lowest BCUT2D eigenvalue weighted by Gasteiger charge is -2.18. The second-order valence-corrected chi connectivity index (χ2v) is 8.11. The van der Waals surface area contributed by atoms with Crippen molar-refractivity contribution in [3.8, 4) is 5.82 Å². The molecule has 1 aliphatic rings. The number of halogens is 2. The van der Waals surface area contributed by atoms with Crippen LogP contribution in [0.1, 0.15) is 28.9 Å². The minimum absolute atomic E-state index is 0.219. The van der Waals surface area contributed by atoms with Crippen molar-refractivity contribution in [1.29, 1.82) is 0 Å². The first-order valence-electron chi connectivity index (χ1n) is 9.15. The molecule has 1 aromatic carbocycles. The van der Waals surface area contributed by atoms with Gasteiger partial charge in [0.2, 0.25) is 5.91 Å². The van der Waals surface area contributed by atoms with E-state index >= 15 is 0 Å². The maximum Gasteiger partial charge on any atom is 0.270 e. The Kier molecular flexibility index (Phi) is 5.44. The van der Waals surface area contributed by atoms with Crippen molar-refractivity contribution < 1.29 is 9.59 Å². The third kappa shape index (κ3) is 4.01. The van der Waals surface area contributed by atoms with E-state index in [1.807, 2.05) is 12.1 Å². The minimum Gasteiger partial charge on any atom is -0.336 e. The predicted molar refractivity (Wildman–Crippen MR) is 119 cm³/mol. The lowest BCUT2D eigenvalue weighted by atomic mass is 10.2. The van der Waals surface area contributed by atoms with Crippen LogP contribution in [0.15, 0.2) is 59.8 Å². The molecule has 2 amide bonds. The molecule has 2 N–H and O–H groups in total. The maximum atomic E-state index is 13.0. The number of rotatable bonds is 6. The van der Waals surface area contributed by atoms with Gasteiger partial charge in [0.1, 0.15) is 15.8 Å². The fourth-order valence-electron chi connectivity index (χ4n) is 2.98. The Morgan fingerprint density at radius 3 is 2.60 bits per heavy atom. The van der Waals surface area contributed by atoms with Crippen LogP contribution in [0.25, 0.3) is 11.9 Å². The zero-order valence-electron chi connectivity index (χ0n) is 15.7. The molecule has 0 atom stereocenters. The topological polar surface area (TPSA) is 88.9 Å². The fourth-order valence-corrected chi connectivity index (χ4v) is 3.55. The molecule has 1 fully saturated rings. The van der Waals surface area contributed by atoms with Crippen molar-refractivity contribution in [2.45, 2.75) is 18.4 Å². The van der Waals surface area contributed by atoms with Crippen molar-refractivity contribution in [1.82, 2.24) is 20.1 Å². The molecule has 0 saturated heterocycles. The maximum absolute atomic E-state index is 13.0. The average molecular weight is 487 g/mol. The Labute approximate surface area is 186 Å². The van der Waals surface area contributed by atoms with Crippen LogP contribution in [0.5, 0.6) is 0 Å². The summed E-state index contributed by atoms with van der Waals surface area (Å²) >= 11 is 9.50. The highest BCUT2D eigenvalue weighted by Crippen LogP contribution is 2.37. The number of benzene rings is 1. The normalized spacial score (nSPS) is 14.1. The van der Waals surface area contributed by atoms with Crippen molar-refractivity contribution in [3.63, 3.8) is 0 Å². The highest BCUT2D eigenvalue weighted by Gasteiger charge is 2.51. The summed E-state index contributed by atoms with van der Waals surface area (Å²) in [7, 11) is 0. The van der Waals surface area contributed by atoms with Gasteiger partial charge in [0.25, 0.3) is 5.91 Å². The van der Waals surface area contributed by atoms with E-state index in [1.165, 1.54) is 4.68 Å². The van der Waals surface area contributed by atoms with E-state index in [4.69, 9.17) is 11.6 Å². The molecular formula is C21H17BrClN5O2. The number of anilines is 1. The van der Waals surface area contributed by atoms with Gasteiger partial charge in [-0.1, -0.05) is 36.4 Å². The summed E-state index contributed by atoms with van der Waals surface area (Å²) in [6.07, 6.45) is 4.39. The molecule has 30 heavy (non-hydrogen) atoms. The van der Waals surface area contributed by atoms with Crippen LogP contribution in [-0.4, -0.2) is 32.1 Å². The molecule has 1 saturated carbocycles. The van der Waals surface area contributed by atoms with E-state index in [1.54, 1.807) is 42.6 Å². The Hall–Kier alpha value is -2.97. The summed E-state index contributed by atoms with van der Waals surface area (Å²) in [5.74, 6) is -0.376. The molecule has 0 spiro atoms. The number of pyridine rings is 1. The Morgan fingerprint density at radius 1 is 1.23 bits per heavy atom. The van der Waals surface area contributed by atoms with Gasteiger partial charge < -0.3 is 10.6 Å². The van der Waals surface area contributed by atoms with E-state index in [2.05, 4.69) is 43.2 Å². The number of amides is 2. The first-order chi connectivity index (χ1) is 14.4. The number of carbonyl (C=O) groups excluding carboxylic acids is 2. The summed E-state index contributed by atoms with van der Waals surface area (Å²) < 4.78 is 1.80. The van der Waals surface area contributed by atoms with Crippen LogP contribution in [0.4, 0.5) is 5.69 Å². The smallest absolute Gasteiger partial charge is 0.270 e. The molecular weight excluding hydrogens is 470 g/mol. The van der Waals surface area contributed by atoms with Crippen LogP contribution in [0.2, 0.25) is 5.02 Å². The van der Waals surface area contributed by atoms with Crippen molar-refractivity contribution in [2.24, 2.45) is 0 Å². The lowest BCUT2D eigenvalue weighted by molar-refractivity contribution is -0.118. The number of nitrogens with zero attached hydrogens (tertiary/aromatic N) is 3. The SMILES string of the molecule is C=Cc1ccc(NC(=O)C2(NC(=O)c3cc(Br)nn3-c3ncccc3Cl)CC2)cc1. The van der Waals surface area contributed by atoms with E-state index in [9.17, 15) is 9.59 Å². The summed E-state index contributed by atoms with van der Waals surface area (Å²) in [4.78, 5) is 30.0. The standard InChI is InChI=1S/C21H17BrClN5O2/c1-2-13-5-7-14(8-6-13)25-20(30)21(9-10-21)26-19(29)16-12-17(22)27-28(16)18-15(23)4-3-11-24-18/h2-8,11-12H,1,9-10H2,(H,25,30)(H,26,29). The van der Waals surface area contributed by atoms with Gasteiger partial charge in [-0.25, -0.2) is 9.67 Å². The van der Waals surface area contributed by atoms with E-state index in [0.29, 0.717) is 34.0 Å². The second-order valence-electron chi connectivity index (χ2n) is 6.89. The summed E-state index contributed by atoms with van der Waals surface area (Å²) in [6.45, 7) is 3.71. The molecule has 0 bridgehead atoms. The first kappa shape index (κ1) is 20.3. The van der Waals surface area contributed by atoms with Crippen LogP contribution < -0.4 is 10.6 Å². The molecule has 4 rings (SSSR count). The highest BCUT2D eigenvalue weighted by molar-refractivity contribution is 9.10. The van der Waals surface area contributed by atoms with Gasteiger partial charge in [0.15, 0.2) is 5.82 Å². The largest absolute Gasteiger partial charge is 0.336 e. The lowest BCUT2D eigenvalue weighted by Crippen LogP contribution is -2.46. The van der Waals surface area contributed by atoms with Crippen LogP contribution >= 0.6 is 27.5 Å². The average Bonchev–Trinajstić information content (AvgIpc) is 3.42. The van der Waals surface area contributed by atoms with Gasteiger partial charge in [-0.05, 0) is 58.6 Å². The molecule has 3 aromatic rings. The van der Waals surface area contributed by atoms with Crippen molar-refractivity contribution in [3.05, 3.63) is 76.1 Å². The molecule has 2 heterocycles. The van der Waals surface area contributed by atoms with Crippen LogP contribution in [0, 0.1) is 0 Å². The molecule has 0 radical (unpaired) electrons. The van der Waals surface area contributed by atoms with Gasteiger partial charge in [-0.3, -0.25) is 9.59 Å². The molecule has 0 aliphatic heterocycles. The minimum atomic E-state index is -0.955. The summed E-state index contributed by atoms with van der Waals surface area (Å²) in [5.41, 5.74) is 0.870. The summed E-state index contributed by atoms with van der Waals surface area (Å²) in [5, 5.41) is 10.3. The monoisotopic (exact) mass is 485 g/mol. The van der Waals surface area contributed by atoms with Crippen molar-refractivity contribution >= 4 is 51.1 Å². The number of hydrogen-bond donors (Lipinski definition) is 2. The third-order valence-electron chi connectivity index (χ3n) is 4.79. The highest BCUT2D eigenvalue weighted by atomic mass is 79.9. The van der Waals surface area contributed by atoms with Gasteiger partial charge in [0, 0.05) is 18.0 Å². The van der Waals surface area contributed by atoms with E-state index in [0.717, 1.165) is 5.56 Å². The molecule has 2 aromatic heterocycles. The third-order valence-corrected chi connectivity index (χ3v) is 5.48. The Bertz CT molecular complexity index is 1140. The first-order valence-corrected chi connectivity index (χ1v) is 10.3. The van der Waals surface area contributed by atoms with Crippen LogP contribution in [-0.2, 0) is 4.79 Å². The van der Waals surface area contributed by atoms with Crippen LogP contribution in [0.3, 0.4) is 0 Å². The Balaban J connectivity index is 1.53. The molecule has 1 aliphatic carbocycles. The van der Waals surface area contributed by atoms with Gasteiger partial charge in [0.05, 0.1) is 5.02 Å². The van der Waals surface area contributed by atoms with Gasteiger partial charge >= 0.3 is 0 Å². The zero-order chi connectivity index (χ0) is 21.3.